The lowest BCUT2D eigenvalue weighted by atomic mass is 10.3. The van der Waals surface area contributed by atoms with E-state index in [1.54, 1.807) is 18.2 Å². The van der Waals surface area contributed by atoms with Crippen molar-refractivity contribution in [1.82, 2.24) is 5.06 Å². The highest BCUT2D eigenvalue weighted by Crippen LogP contribution is 2.16. The standard InChI is InChI=1S/C10H9NO4/c12-8-5-6-9(13)11(8)15-10(14)7-3-1-2-4-7/h1,3-4H,2,5-6H2. The van der Waals surface area contributed by atoms with Crippen LogP contribution >= 0.6 is 0 Å². The first-order valence-corrected chi connectivity index (χ1v) is 4.63. The van der Waals surface area contributed by atoms with Crippen molar-refractivity contribution in [3.05, 3.63) is 23.8 Å². The summed E-state index contributed by atoms with van der Waals surface area (Å²) in [5.41, 5.74) is 0.377. The zero-order valence-electron chi connectivity index (χ0n) is 7.93. The van der Waals surface area contributed by atoms with Crippen molar-refractivity contribution in [2.45, 2.75) is 19.3 Å². The van der Waals surface area contributed by atoms with Crippen molar-refractivity contribution in [2.75, 3.05) is 0 Å². The molecule has 15 heavy (non-hydrogen) atoms. The molecule has 0 unspecified atom stereocenters. The van der Waals surface area contributed by atoms with Crippen LogP contribution in [0.15, 0.2) is 23.8 Å². The van der Waals surface area contributed by atoms with Crippen LogP contribution in [0.1, 0.15) is 19.3 Å². The molecule has 0 N–H and O–H groups in total. The van der Waals surface area contributed by atoms with E-state index in [0.717, 1.165) is 0 Å². The zero-order chi connectivity index (χ0) is 10.8. The van der Waals surface area contributed by atoms with Crippen molar-refractivity contribution in [1.29, 1.82) is 0 Å². The Labute approximate surface area is 85.9 Å². The van der Waals surface area contributed by atoms with Crippen LogP contribution in [0, 0.1) is 0 Å². The molecule has 1 saturated heterocycles. The second kappa shape index (κ2) is 3.68. The molecule has 0 atom stereocenters. The van der Waals surface area contributed by atoms with E-state index in [1.807, 2.05) is 0 Å². The van der Waals surface area contributed by atoms with Crippen LogP contribution in [0.3, 0.4) is 0 Å². The Balaban J connectivity index is 2.02. The SMILES string of the molecule is O=C(ON1C(=O)CCC1=O)C1=CCC=C1. The van der Waals surface area contributed by atoms with E-state index in [9.17, 15) is 14.4 Å². The number of imide groups is 1. The van der Waals surface area contributed by atoms with Crippen LogP contribution in [0.4, 0.5) is 0 Å². The van der Waals surface area contributed by atoms with Gasteiger partial charge in [0, 0.05) is 12.8 Å². The van der Waals surface area contributed by atoms with Gasteiger partial charge in [-0.05, 0) is 6.42 Å². The van der Waals surface area contributed by atoms with Gasteiger partial charge in [-0.25, -0.2) is 4.79 Å². The lowest BCUT2D eigenvalue weighted by molar-refractivity contribution is -0.194. The molecule has 5 nitrogen and oxygen atoms in total. The summed E-state index contributed by atoms with van der Waals surface area (Å²) in [6, 6.07) is 0. The number of hydrogen-bond donors (Lipinski definition) is 0. The summed E-state index contributed by atoms with van der Waals surface area (Å²) in [7, 11) is 0. The maximum Gasteiger partial charge on any atom is 0.363 e. The normalized spacial score (nSPS) is 19.7. The van der Waals surface area contributed by atoms with E-state index >= 15 is 0 Å². The van der Waals surface area contributed by atoms with E-state index in [4.69, 9.17) is 4.84 Å². The van der Waals surface area contributed by atoms with Gasteiger partial charge < -0.3 is 4.84 Å². The Morgan fingerprint density at radius 1 is 1.27 bits per heavy atom. The summed E-state index contributed by atoms with van der Waals surface area (Å²) in [6.07, 6.45) is 5.97. The first-order chi connectivity index (χ1) is 7.18. The lowest BCUT2D eigenvalue weighted by Crippen LogP contribution is -2.32. The van der Waals surface area contributed by atoms with Gasteiger partial charge in [0.2, 0.25) is 0 Å². The van der Waals surface area contributed by atoms with Gasteiger partial charge >= 0.3 is 5.97 Å². The highest BCUT2D eigenvalue weighted by molar-refractivity contribution is 6.03. The fourth-order valence-electron chi connectivity index (χ4n) is 1.40. The van der Waals surface area contributed by atoms with Gasteiger partial charge in [0.15, 0.2) is 0 Å². The van der Waals surface area contributed by atoms with Gasteiger partial charge in [-0.2, -0.15) is 0 Å². The van der Waals surface area contributed by atoms with E-state index in [0.29, 0.717) is 17.1 Å². The smallest absolute Gasteiger partial charge is 0.325 e. The van der Waals surface area contributed by atoms with E-state index in [1.165, 1.54) is 0 Å². The minimum atomic E-state index is -0.660. The number of carbonyl (C=O) groups excluding carboxylic acids is 3. The predicted molar refractivity (Wildman–Crippen MR) is 49.0 cm³/mol. The molecular formula is C10H9NO4. The summed E-state index contributed by atoms with van der Waals surface area (Å²) < 4.78 is 0. The molecule has 1 fully saturated rings. The minimum Gasteiger partial charge on any atom is -0.325 e. The average molecular weight is 207 g/mol. The molecule has 2 rings (SSSR count). The van der Waals surface area contributed by atoms with Crippen LogP contribution in [0.5, 0.6) is 0 Å². The molecule has 5 heteroatoms. The first kappa shape index (κ1) is 9.64. The van der Waals surface area contributed by atoms with Gasteiger partial charge in [0.25, 0.3) is 11.8 Å². The lowest BCUT2D eigenvalue weighted by Gasteiger charge is -2.12. The summed E-state index contributed by atoms with van der Waals surface area (Å²) in [4.78, 5) is 38.4. The monoisotopic (exact) mass is 207 g/mol. The molecule has 2 aliphatic rings. The van der Waals surface area contributed by atoms with Crippen LogP contribution < -0.4 is 0 Å². The minimum absolute atomic E-state index is 0.112. The number of rotatable bonds is 2. The predicted octanol–water partition coefficient (Wildman–Crippen LogP) is 0.480. The van der Waals surface area contributed by atoms with Gasteiger partial charge in [0.05, 0.1) is 5.57 Å². The molecule has 1 aliphatic carbocycles. The number of hydroxylamine groups is 2. The summed E-state index contributed by atoms with van der Waals surface area (Å²) in [5.74, 6) is -1.58. The summed E-state index contributed by atoms with van der Waals surface area (Å²) in [5, 5.41) is 0.551. The Kier molecular flexibility index (Phi) is 2.37. The molecule has 78 valence electrons. The Morgan fingerprint density at radius 3 is 2.47 bits per heavy atom. The van der Waals surface area contributed by atoms with Gasteiger partial charge in [0.1, 0.15) is 0 Å². The first-order valence-electron chi connectivity index (χ1n) is 4.63. The average Bonchev–Trinajstić information content (AvgIpc) is 2.82. The third-order valence-electron chi connectivity index (χ3n) is 2.19. The Hall–Kier alpha value is -1.91. The topological polar surface area (TPSA) is 63.7 Å². The number of allylic oxidation sites excluding steroid dienone is 2. The van der Waals surface area contributed by atoms with E-state index in [-0.39, 0.29) is 12.8 Å². The summed E-state index contributed by atoms with van der Waals surface area (Å²) >= 11 is 0. The molecule has 0 spiro atoms. The second-order valence-electron chi connectivity index (χ2n) is 3.26. The van der Waals surface area contributed by atoms with Crippen LogP contribution in [-0.2, 0) is 19.2 Å². The van der Waals surface area contributed by atoms with Gasteiger partial charge in [-0.15, -0.1) is 5.06 Å². The molecule has 2 amide bonds. The molecule has 1 heterocycles. The fourth-order valence-corrected chi connectivity index (χ4v) is 1.40. The Morgan fingerprint density at radius 2 is 1.93 bits per heavy atom. The maximum atomic E-state index is 11.4. The van der Waals surface area contributed by atoms with Crippen molar-refractivity contribution >= 4 is 17.8 Å². The maximum absolute atomic E-state index is 11.4. The summed E-state index contributed by atoms with van der Waals surface area (Å²) in [6.45, 7) is 0. The molecule has 0 aromatic carbocycles. The number of hydrogen-bond acceptors (Lipinski definition) is 4. The molecule has 0 aromatic rings. The molecular weight excluding hydrogens is 198 g/mol. The molecule has 0 radical (unpaired) electrons. The third-order valence-corrected chi connectivity index (χ3v) is 2.19. The quantitative estimate of drug-likeness (QED) is 0.618. The van der Waals surface area contributed by atoms with E-state index in [2.05, 4.69) is 0 Å². The highest BCUT2D eigenvalue weighted by Gasteiger charge is 2.33. The number of nitrogens with zero attached hydrogens (tertiary/aromatic N) is 1. The van der Waals surface area contributed by atoms with E-state index < -0.39 is 17.8 Å². The van der Waals surface area contributed by atoms with Crippen molar-refractivity contribution < 1.29 is 19.2 Å². The van der Waals surface area contributed by atoms with Crippen molar-refractivity contribution in [3.63, 3.8) is 0 Å². The van der Waals surface area contributed by atoms with Crippen LogP contribution in [0.25, 0.3) is 0 Å². The Bertz CT molecular complexity index is 378. The third kappa shape index (κ3) is 1.81. The molecule has 0 aromatic heterocycles. The number of amides is 2. The zero-order valence-corrected chi connectivity index (χ0v) is 7.93. The van der Waals surface area contributed by atoms with Gasteiger partial charge in [-0.3, -0.25) is 9.59 Å². The molecule has 0 bridgehead atoms. The van der Waals surface area contributed by atoms with Crippen LogP contribution in [-0.4, -0.2) is 22.8 Å². The fraction of sp³-hybridized carbons (Fsp3) is 0.300. The van der Waals surface area contributed by atoms with Crippen molar-refractivity contribution in [3.8, 4) is 0 Å². The highest BCUT2D eigenvalue weighted by atomic mass is 16.7. The number of carbonyl (C=O) groups is 3. The second-order valence-corrected chi connectivity index (χ2v) is 3.26. The molecule has 1 aliphatic heterocycles. The van der Waals surface area contributed by atoms with Crippen molar-refractivity contribution in [2.24, 2.45) is 0 Å². The largest absolute Gasteiger partial charge is 0.363 e. The van der Waals surface area contributed by atoms with Gasteiger partial charge in [-0.1, -0.05) is 18.2 Å². The van der Waals surface area contributed by atoms with Crippen LogP contribution in [0.2, 0.25) is 0 Å². The molecule has 0 saturated carbocycles.